The van der Waals surface area contributed by atoms with Gasteiger partial charge in [-0.3, -0.25) is 14.3 Å². The first-order valence-electron chi connectivity index (χ1n) is 6.27. The molecule has 2 heterocycles. The summed E-state index contributed by atoms with van der Waals surface area (Å²) in [5.41, 5.74) is 7.53. The van der Waals surface area contributed by atoms with E-state index in [9.17, 15) is 14.7 Å². The summed E-state index contributed by atoms with van der Waals surface area (Å²) in [4.78, 5) is 27.9. The molecule has 0 aromatic carbocycles. The van der Waals surface area contributed by atoms with Crippen LogP contribution in [-0.4, -0.2) is 40.2 Å². The van der Waals surface area contributed by atoms with E-state index in [1.54, 1.807) is 6.92 Å². The summed E-state index contributed by atoms with van der Waals surface area (Å²) in [6.45, 7) is 1.09. The van der Waals surface area contributed by atoms with Gasteiger partial charge in [0.15, 0.2) is 0 Å². The van der Waals surface area contributed by atoms with Gasteiger partial charge in [0.25, 0.3) is 5.56 Å². The van der Waals surface area contributed by atoms with E-state index in [0.717, 1.165) is 0 Å². The van der Waals surface area contributed by atoms with Crippen LogP contribution in [0.4, 0.5) is 0 Å². The summed E-state index contributed by atoms with van der Waals surface area (Å²) in [6, 6.07) is 0. The highest BCUT2D eigenvalue weighted by Crippen LogP contribution is 2.29. The molecule has 0 amide bonds. The Hall–Kier alpha value is -2.13. The maximum atomic E-state index is 11.8. The van der Waals surface area contributed by atoms with Crippen LogP contribution in [-0.2, 0) is 9.47 Å². The second-order valence-electron chi connectivity index (χ2n) is 4.59. The van der Waals surface area contributed by atoms with E-state index in [0.29, 0.717) is 5.56 Å². The summed E-state index contributed by atoms with van der Waals surface area (Å²) >= 11 is 0. The Kier molecular flexibility index (Phi) is 4.76. The van der Waals surface area contributed by atoms with Crippen LogP contribution < -0.4 is 11.2 Å². The fourth-order valence-electron chi connectivity index (χ4n) is 2.17. The quantitative estimate of drug-likeness (QED) is 0.438. The number of ether oxygens (including phenoxy) is 2. The van der Waals surface area contributed by atoms with Gasteiger partial charge in [0.1, 0.15) is 19.1 Å². The number of aromatic amines is 1. The van der Waals surface area contributed by atoms with E-state index in [4.69, 9.17) is 15.0 Å². The molecule has 2 rings (SSSR count). The topological polar surface area (TPSA) is 142 Å². The third kappa shape index (κ3) is 3.31. The zero-order valence-electron chi connectivity index (χ0n) is 11.3. The molecule has 10 heteroatoms. The number of aromatic nitrogens is 2. The molecule has 0 aliphatic carbocycles. The molecule has 1 aromatic heterocycles. The van der Waals surface area contributed by atoms with Gasteiger partial charge >= 0.3 is 5.69 Å². The van der Waals surface area contributed by atoms with E-state index in [2.05, 4.69) is 15.0 Å². The predicted octanol–water partition coefficient (Wildman–Crippen LogP) is -0.222. The molecule has 1 aliphatic rings. The van der Waals surface area contributed by atoms with Crippen molar-refractivity contribution in [2.75, 3.05) is 13.3 Å². The van der Waals surface area contributed by atoms with Crippen molar-refractivity contribution in [1.82, 2.24) is 9.55 Å². The molecule has 10 nitrogen and oxygen atoms in total. The minimum absolute atomic E-state index is 0.187. The molecule has 0 bridgehead atoms. The minimum atomic E-state index is -0.665. The summed E-state index contributed by atoms with van der Waals surface area (Å²) in [6.07, 6.45) is -0.123. The van der Waals surface area contributed by atoms with Gasteiger partial charge < -0.3 is 14.6 Å². The van der Waals surface area contributed by atoms with Gasteiger partial charge in [-0.2, -0.15) is 0 Å². The number of azide groups is 1. The number of aliphatic hydroxyl groups is 1. The smallest absolute Gasteiger partial charge is 0.330 e. The first-order chi connectivity index (χ1) is 10.1. The molecule has 3 atom stereocenters. The summed E-state index contributed by atoms with van der Waals surface area (Å²) in [5, 5.41) is 12.5. The average Bonchev–Trinajstić information content (AvgIpc) is 2.86. The minimum Gasteiger partial charge on any atom is -0.394 e. The Morgan fingerprint density at radius 3 is 3.10 bits per heavy atom. The zero-order valence-corrected chi connectivity index (χ0v) is 11.3. The highest BCUT2D eigenvalue weighted by molar-refractivity contribution is 5.02. The maximum Gasteiger partial charge on any atom is 0.330 e. The molecule has 0 spiro atoms. The molecule has 1 aliphatic heterocycles. The van der Waals surface area contributed by atoms with Gasteiger partial charge in [0.2, 0.25) is 0 Å². The number of nitrogens with one attached hydrogen (secondary N) is 1. The lowest BCUT2D eigenvalue weighted by Gasteiger charge is -2.15. The van der Waals surface area contributed by atoms with Crippen molar-refractivity contribution in [3.05, 3.63) is 43.0 Å². The molecule has 2 N–H and O–H groups in total. The molecular weight excluding hydrogens is 282 g/mol. The lowest BCUT2D eigenvalue weighted by Crippen LogP contribution is -2.33. The lowest BCUT2D eigenvalue weighted by molar-refractivity contribution is -0.0613. The number of aliphatic hydroxyl groups excluding tert-OH is 1. The molecule has 114 valence electrons. The Bertz CT molecular complexity index is 662. The second kappa shape index (κ2) is 6.55. The first-order valence-corrected chi connectivity index (χ1v) is 6.27. The van der Waals surface area contributed by atoms with Crippen LogP contribution in [0, 0.1) is 6.92 Å². The van der Waals surface area contributed by atoms with Crippen molar-refractivity contribution in [1.29, 1.82) is 0 Å². The number of rotatable bonds is 5. The Labute approximate surface area is 118 Å². The first kappa shape index (κ1) is 15.3. The van der Waals surface area contributed by atoms with Crippen molar-refractivity contribution in [3.63, 3.8) is 0 Å². The predicted molar refractivity (Wildman–Crippen MR) is 70.6 cm³/mol. The normalized spacial score (nSPS) is 24.8. The monoisotopic (exact) mass is 297 g/mol. The van der Waals surface area contributed by atoms with Crippen molar-refractivity contribution >= 4 is 0 Å². The number of hydrogen-bond donors (Lipinski definition) is 2. The van der Waals surface area contributed by atoms with Gasteiger partial charge in [-0.1, -0.05) is 5.11 Å². The van der Waals surface area contributed by atoms with Crippen LogP contribution in [0.25, 0.3) is 10.4 Å². The Balaban J connectivity index is 2.19. The molecule has 0 saturated carbocycles. The van der Waals surface area contributed by atoms with Gasteiger partial charge in [0, 0.05) is 23.1 Å². The van der Waals surface area contributed by atoms with Crippen LogP contribution in [0.5, 0.6) is 0 Å². The summed E-state index contributed by atoms with van der Waals surface area (Å²) in [5.74, 6) is 0. The maximum absolute atomic E-state index is 11.8. The van der Waals surface area contributed by atoms with E-state index < -0.39 is 29.7 Å². The number of aryl methyl sites for hydroxylation is 1. The van der Waals surface area contributed by atoms with Gasteiger partial charge in [-0.05, 0) is 12.5 Å². The Morgan fingerprint density at radius 2 is 2.43 bits per heavy atom. The van der Waals surface area contributed by atoms with Crippen molar-refractivity contribution in [2.24, 2.45) is 5.11 Å². The molecule has 0 unspecified atom stereocenters. The summed E-state index contributed by atoms with van der Waals surface area (Å²) < 4.78 is 12.1. The molecule has 1 saturated heterocycles. The molecular formula is C11H15N5O5. The Morgan fingerprint density at radius 1 is 1.67 bits per heavy atom. The average molecular weight is 297 g/mol. The van der Waals surface area contributed by atoms with Crippen LogP contribution in [0.15, 0.2) is 20.9 Å². The molecule has 0 radical (unpaired) electrons. The largest absolute Gasteiger partial charge is 0.394 e. The number of nitrogens with zero attached hydrogens (tertiary/aromatic N) is 4. The van der Waals surface area contributed by atoms with E-state index in [-0.39, 0.29) is 19.8 Å². The van der Waals surface area contributed by atoms with E-state index in [1.165, 1.54) is 10.8 Å². The number of hydrogen-bond acceptors (Lipinski definition) is 6. The zero-order chi connectivity index (χ0) is 15.4. The highest BCUT2D eigenvalue weighted by Gasteiger charge is 2.37. The van der Waals surface area contributed by atoms with Crippen molar-refractivity contribution < 1.29 is 14.6 Å². The van der Waals surface area contributed by atoms with Crippen LogP contribution in [0.3, 0.4) is 0 Å². The van der Waals surface area contributed by atoms with Gasteiger partial charge in [-0.25, -0.2) is 4.79 Å². The fraction of sp³-hybridized carbons (Fsp3) is 0.636. The third-order valence-corrected chi connectivity index (χ3v) is 3.23. The van der Waals surface area contributed by atoms with Crippen LogP contribution in [0.1, 0.15) is 18.2 Å². The van der Waals surface area contributed by atoms with Crippen LogP contribution in [0.2, 0.25) is 0 Å². The number of H-pyrrole nitrogens is 1. The van der Waals surface area contributed by atoms with E-state index >= 15 is 0 Å². The van der Waals surface area contributed by atoms with E-state index in [1.807, 2.05) is 0 Å². The summed E-state index contributed by atoms with van der Waals surface area (Å²) in [7, 11) is 0. The molecule has 21 heavy (non-hydrogen) atoms. The highest BCUT2D eigenvalue weighted by atomic mass is 16.6. The van der Waals surface area contributed by atoms with Crippen molar-refractivity contribution in [2.45, 2.75) is 31.8 Å². The lowest BCUT2D eigenvalue weighted by atomic mass is 10.2. The van der Waals surface area contributed by atoms with Gasteiger partial charge in [0.05, 0.1) is 12.7 Å². The molecule has 1 aromatic rings. The third-order valence-electron chi connectivity index (χ3n) is 3.23. The second-order valence-corrected chi connectivity index (χ2v) is 4.59. The standard InChI is InChI=1S/C11H15N5O5/c1-6-3-16(11(19)14-10(6)18)9-2-7(8(4-17)21-9)20-5-13-15-12/h3,7-9,17H,2,4-5H2,1H3,(H,14,18,19)/t7-,8-,9-/m1/s1. The molecule has 1 fully saturated rings. The van der Waals surface area contributed by atoms with Crippen LogP contribution >= 0.6 is 0 Å². The van der Waals surface area contributed by atoms with Gasteiger partial charge in [-0.15, -0.1) is 0 Å². The fourth-order valence-corrected chi connectivity index (χ4v) is 2.17. The van der Waals surface area contributed by atoms with Crippen molar-refractivity contribution in [3.8, 4) is 0 Å². The SMILES string of the molecule is Cc1cn([C@H]2C[C@@H](OCN=[N+]=[N-])[C@@H](CO)O2)c(=O)[nH]c1=O.